The van der Waals surface area contributed by atoms with Crippen molar-refractivity contribution in [3.63, 3.8) is 0 Å². The third kappa shape index (κ3) is 7.62. The molecule has 4 aromatic rings. The van der Waals surface area contributed by atoms with E-state index >= 15 is 0 Å². The molecule has 2 aromatic carbocycles. The van der Waals surface area contributed by atoms with Crippen molar-refractivity contribution in [1.29, 1.82) is 5.41 Å². The van der Waals surface area contributed by atoms with Crippen LogP contribution in [0, 0.1) is 24.2 Å². The first kappa shape index (κ1) is 28.7. The quantitative estimate of drug-likeness (QED) is 0.170. The van der Waals surface area contributed by atoms with Crippen LogP contribution in [0.15, 0.2) is 84.6 Å². The number of carbonyl (C=O) groups excluding carboxylic acids is 2. The van der Waals surface area contributed by atoms with Gasteiger partial charge in [-0.15, -0.1) is 0 Å². The van der Waals surface area contributed by atoms with Crippen molar-refractivity contribution < 1.29 is 14.3 Å². The molecule has 0 aliphatic carbocycles. The Morgan fingerprint density at radius 3 is 2.44 bits per heavy atom. The van der Waals surface area contributed by atoms with Crippen LogP contribution in [-0.4, -0.2) is 64.3 Å². The summed E-state index contributed by atoms with van der Waals surface area (Å²) < 4.78 is 7.05. The summed E-state index contributed by atoms with van der Waals surface area (Å²) in [6, 6.07) is 19.5. The van der Waals surface area contributed by atoms with Crippen LogP contribution < -0.4 is 5.73 Å². The first-order valence-corrected chi connectivity index (χ1v) is 13.0. The summed E-state index contributed by atoms with van der Waals surface area (Å²) >= 11 is 0. The molecule has 1 fully saturated rings. The Morgan fingerprint density at radius 2 is 1.76 bits per heavy atom. The van der Waals surface area contributed by atoms with E-state index < -0.39 is 0 Å². The van der Waals surface area contributed by atoms with Gasteiger partial charge in [-0.3, -0.25) is 9.59 Å². The Morgan fingerprint density at radius 1 is 1.05 bits per heavy atom. The van der Waals surface area contributed by atoms with E-state index in [4.69, 9.17) is 20.0 Å². The fourth-order valence-corrected chi connectivity index (χ4v) is 4.07. The van der Waals surface area contributed by atoms with Crippen molar-refractivity contribution in [1.82, 2.24) is 19.5 Å². The maximum absolute atomic E-state index is 12.8. The van der Waals surface area contributed by atoms with Crippen LogP contribution in [0.1, 0.15) is 27.2 Å². The molecule has 3 heterocycles. The summed E-state index contributed by atoms with van der Waals surface area (Å²) in [6.07, 6.45) is 8.68. The highest BCUT2D eigenvalue weighted by Gasteiger charge is 2.18. The van der Waals surface area contributed by atoms with Gasteiger partial charge in [0, 0.05) is 36.0 Å². The molecule has 41 heavy (non-hydrogen) atoms. The van der Waals surface area contributed by atoms with Gasteiger partial charge < -0.3 is 20.8 Å². The van der Waals surface area contributed by atoms with Crippen molar-refractivity contribution in [3.05, 3.63) is 107 Å². The zero-order valence-electron chi connectivity index (χ0n) is 22.7. The summed E-state index contributed by atoms with van der Waals surface area (Å²) in [5.74, 6) is 6.28. The first-order chi connectivity index (χ1) is 20.0. The highest BCUT2D eigenvalue weighted by molar-refractivity contribution is 5.94. The number of morpholine rings is 1. The summed E-state index contributed by atoms with van der Waals surface area (Å²) in [5, 5.41) is 12.2. The zero-order valence-corrected chi connectivity index (χ0v) is 22.7. The summed E-state index contributed by atoms with van der Waals surface area (Å²) in [6.45, 7) is 4.43. The molecule has 5 rings (SSSR count). The lowest BCUT2D eigenvalue weighted by Crippen LogP contribution is -2.40. The van der Waals surface area contributed by atoms with E-state index in [1.54, 1.807) is 16.8 Å². The number of benzene rings is 2. The number of carbonyl (C=O) groups is 2. The Kier molecular flexibility index (Phi) is 9.91. The number of hydrogen-bond acceptors (Lipinski definition) is 6. The molecule has 0 spiro atoms. The van der Waals surface area contributed by atoms with Gasteiger partial charge in [-0.25, -0.2) is 9.50 Å². The Balaban J connectivity index is 0.00000124. The number of nitrogens with one attached hydrogen (secondary N) is 1. The minimum atomic E-state index is 0.0145. The number of nitrogens with two attached hydrogens (primary N) is 1. The van der Waals surface area contributed by atoms with Crippen LogP contribution in [0.4, 0.5) is 0 Å². The molecule has 0 bridgehead atoms. The Bertz CT molecular complexity index is 1640. The van der Waals surface area contributed by atoms with Crippen molar-refractivity contribution in [2.45, 2.75) is 6.92 Å². The minimum Gasteiger partial charge on any atom is -0.378 e. The predicted octanol–water partition coefficient (Wildman–Crippen LogP) is 3.92. The zero-order chi connectivity index (χ0) is 29.0. The maximum Gasteiger partial charge on any atom is 0.254 e. The minimum absolute atomic E-state index is 0.0145. The van der Waals surface area contributed by atoms with Gasteiger partial charge in [-0.2, -0.15) is 5.10 Å². The number of ether oxygens (including phenoxy) is 1. The van der Waals surface area contributed by atoms with Crippen molar-refractivity contribution in [2.75, 3.05) is 26.3 Å². The third-order valence-electron chi connectivity index (χ3n) is 6.22. The van der Waals surface area contributed by atoms with Gasteiger partial charge >= 0.3 is 0 Å². The normalized spacial score (nSPS) is 13.2. The second kappa shape index (κ2) is 14.2. The number of amides is 2. The maximum atomic E-state index is 12.8. The van der Waals surface area contributed by atoms with Crippen LogP contribution in [0.3, 0.4) is 0 Å². The monoisotopic (exact) mass is 546 g/mol. The average Bonchev–Trinajstić information content (AvgIpc) is 3.42. The largest absolute Gasteiger partial charge is 0.378 e. The lowest BCUT2D eigenvalue weighted by Gasteiger charge is -2.26. The van der Waals surface area contributed by atoms with Gasteiger partial charge in [0.2, 0.25) is 6.41 Å². The topological polar surface area (TPSA) is 127 Å². The van der Waals surface area contributed by atoms with Crippen molar-refractivity contribution in [3.8, 4) is 23.1 Å². The first-order valence-electron chi connectivity index (χ1n) is 13.0. The Labute approximate surface area is 238 Å². The van der Waals surface area contributed by atoms with E-state index in [0.717, 1.165) is 16.8 Å². The standard InChI is InChI=1S/C31H27N5O2.CH3NO/c1-23-2-4-24(5-3-23)6-7-25(16-17-32)8-13-28-22-33-30-15-14-29(34-36(28)30)26-9-11-27(12-10-26)31(37)35-18-20-38-21-19-35;2-1-3/h2-7,9-12,14-17,22,32H,18-21H2,1H3;1H,(H2,2,3)/b7-6+,25-16+,32-17?;. The molecule has 9 nitrogen and oxygen atoms in total. The molecule has 1 aliphatic rings. The van der Waals surface area contributed by atoms with Gasteiger partial charge in [-0.05, 0) is 54.8 Å². The average molecular weight is 547 g/mol. The molecule has 0 saturated carbocycles. The fraction of sp³-hybridized carbons (Fsp3) is 0.156. The number of imidazole rings is 1. The fourth-order valence-electron chi connectivity index (χ4n) is 4.07. The van der Waals surface area contributed by atoms with Crippen LogP contribution in [0.5, 0.6) is 0 Å². The highest BCUT2D eigenvalue weighted by Crippen LogP contribution is 2.20. The van der Waals surface area contributed by atoms with Gasteiger partial charge in [0.1, 0.15) is 5.69 Å². The third-order valence-corrected chi connectivity index (χ3v) is 6.22. The summed E-state index contributed by atoms with van der Waals surface area (Å²) in [4.78, 5) is 27.6. The number of nitrogens with zero attached hydrogens (tertiary/aromatic N) is 4. The molecular formula is C32H30N6O3. The molecule has 0 unspecified atom stereocenters. The SMILES string of the molecule is Cc1ccc(/C=C/C(C#Cc2cnc3ccc(-c4ccc(C(=O)N5CCOCC5)cc4)nn23)=C\C=N)cc1.NC=O. The van der Waals surface area contributed by atoms with Crippen molar-refractivity contribution in [2.24, 2.45) is 5.73 Å². The molecule has 2 aromatic heterocycles. The second-order valence-corrected chi connectivity index (χ2v) is 9.03. The van der Waals surface area contributed by atoms with E-state index in [9.17, 15) is 4.79 Å². The van der Waals surface area contributed by atoms with Crippen LogP contribution in [0.2, 0.25) is 0 Å². The smallest absolute Gasteiger partial charge is 0.254 e. The number of primary amides is 1. The van der Waals surface area contributed by atoms with E-state index in [-0.39, 0.29) is 12.3 Å². The van der Waals surface area contributed by atoms with Gasteiger partial charge in [-0.1, -0.05) is 54.0 Å². The van der Waals surface area contributed by atoms with Gasteiger partial charge in [0.15, 0.2) is 5.65 Å². The highest BCUT2D eigenvalue weighted by atomic mass is 16.5. The molecule has 0 radical (unpaired) electrons. The molecule has 1 aliphatic heterocycles. The second-order valence-electron chi connectivity index (χ2n) is 9.03. The van der Waals surface area contributed by atoms with E-state index in [1.807, 2.05) is 65.6 Å². The number of aryl methyl sites for hydroxylation is 1. The number of aromatic nitrogens is 3. The molecule has 1 saturated heterocycles. The van der Waals surface area contributed by atoms with Gasteiger partial charge in [0.25, 0.3) is 5.91 Å². The number of fused-ring (bicyclic) bond motifs is 1. The molecule has 0 atom stereocenters. The van der Waals surface area contributed by atoms with Gasteiger partial charge in [0.05, 0.1) is 25.1 Å². The van der Waals surface area contributed by atoms with E-state index in [2.05, 4.69) is 41.6 Å². The van der Waals surface area contributed by atoms with Crippen LogP contribution in [0.25, 0.3) is 23.0 Å². The molecule has 9 heteroatoms. The molecule has 206 valence electrons. The molecule has 3 N–H and O–H groups in total. The van der Waals surface area contributed by atoms with Crippen LogP contribution in [-0.2, 0) is 9.53 Å². The summed E-state index contributed by atoms with van der Waals surface area (Å²) in [7, 11) is 0. The molecule has 2 amide bonds. The number of rotatable bonds is 5. The number of hydrogen-bond donors (Lipinski definition) is 2. The van der Waals surface area contributed by atoms with E-state index in [1.165, 1.54) is 11.8 Å². The Hall–Kier alpha value is -5.33. The van der Waals surface area contributed by atoms with E-state index in [0.29, 0.717) is 48.8 Å². The van der Waals surface area contributed by atoms with Crippen LogP contribution >= 0.6 is 0 Å². The van der Waals surface area contributed by atoms with Crippen molar-refractivity contribution >= 4 is 30.3 Å². The molecular weight excluding hydrogens is 516 g/mol. The lowest BCUT2D eigenvalue weighted by atomic mass is 10.1. The summed E-state index contributed by atoms with van der Waals surface area (Å²) in [5.41, 5.74) is 10.7. The number of allylic oxidation sites excluding steroid dienone is 3. The lowest BCUT2D eigenvalue weighted by molar-refractivity contribution is -0.106. The predicted molar refractivity (Wildman–Crippen MR) is 159 cm³/mol.